The summed E-state index contributed by atoms with van der Waals surface area (Å²) in [5.41, 5.74) is 1.87. The molecule has 0 radical (unpaired) electrons. The average Bonchev–Trinajstić information content (AvgIpc) is 2.40. The minimum Gasteiger partial charge on any atom is -0.493 e. The molecule has 0 saturated heterocycles. The second-order valence-electron chi connectivity index (χ2n) is 6.52. The monoisotopic (exact) mass is 238 g/mol. The van der Waals surface area contributed by atoms with Crippen LogP contribution in [0.1, 0.15) is 65.6 Å². The Morgan fingerprint density at radius 2 is 1.71 bits per heavy atom. The topological polar surface area (TPSA) is 38.0 Å². The average molecular weight is 238 g/mol. The van der Waals surface area contributed by atoms with Crippen LogP contribution in [0.15, 0.2) is 0 Å². The first-order chi connectivity index (χ1) is 7.64. The SMILES string of the molecule is CC(C)Cc1nn(C(C)(C)C)c(O)c1C(C)C. The molecule has 0 aliphatic rings. The Kier molecular flexibility index (Phi) is 3.90. The molecule has 0 aromatic carbocycles. The molecule has 17 heavy (non-hydrogen) atoms. The lowest BCUT2D eigenvalue weighted by molar-refractivity contribution is 0.291. The normalized spacial score (nSPS) is 12.8. The fraction of sp³-hybridized carbons (Fsp3) is 0.786. The predicted molar refractivity (Wildman–Crippen MR) is 71.5 cm³/mol. The Morgan fingerprint density at radius 3 is 2.06 bits per heavy atom. The summed E-state index contributed by atoms with van der Waals surface area (Å²) in [4.78, 5) is 0. The van der Waals surface area contributed by atoms with Crippen molar-refractivity contribution in [1.29, 1.82) is 0 Å². The van der Waals surface area contributed by atoms with E-state index in [1.807, 2.05) is 0 Å². The van der Waals surface area contributed by atoms with Gasteiger partial charge in [0, 0.05) is 5.56 Å². The molecule has 1 N–H and O–H groups in total. The van der Waals surface area contributed by atoms with Crippen LogP contribution in [0.5, 0.6) is 5.88 Å². The summed E-state index contributed by atoms with van der Waals surface area (Å²) in [7, 11) is 0. The van der Waals surface area contributed by atoms with Gasteiger partial charge in [0.2, 0.25) is 5.88 Å². The van der Waals surface area contributed by atoms with E-state index in [1.54, 1.807) is 4.68 Å². The first kappa shape index (κ1) is 14.1. The highest BCUT2D eigenvalue weighted by molar-refractivity contribution is 5.34. The Hall–Kier alpha value is -0.990. The van der Waals surface area contributed by atoms with Gasteiger partial charge in [-0.15, -0.1) is 0 Å². The Bertz CT molecular complexity index is 384. The van der Waals surface area contributed by atoms with Gasteiger partial charge in [-0.2, -0.15) is 5.10 Å². The van der Waals surface area contributed by atoms with E-state index >= 15 is 0 Å². The Labute approximate surface area is 105 Å². The van der Waals surface area contributed by atoms with Crippen LogP contribution in [0.3, 0.4) is 0 Å². The molecule has 3 heteroatoms. The predicted octanol–water partition coefficient (Wildman–Crippen LogP) is 3.67. The molecule has 1 aromatic rings. The Balaban J connectivity index is 3.30. The second-order valence-corrected chi connectivity index (χ2v) is 6.52. The highest BCUT2D eigenvalue weighted by atomic mass is 16.3. The van der Waals surface area contributed by atoms with Gasteiger partial charge < -0.3 is 5.11 Å². The van der Waals surface area contributed by atoms with E-state index in [0.717, 1.165) is 17.7 Å². The van der Waals surface area contributed by atoms with Crippen molar-refractivity contribution in [3.63, 3.8) is 0 Å². The largest absolute Gasteiger partial charge is 0.493 e. The minimum atomic E-state index is -0.178. The molecule has 1 rings (SSSR count). The summed E-state index contributed by atoms with van der Waals surface area (Å²) in [6.07, 6.45) is 0.921. The maximum absolute atomic E-state index is 10.3. The smallest absolute Gasteiger partial charge is 0.213 e. The third-order valence-corrected chi connectivity index (χ3v) is 2.79. The molecule has 1 heterocycles. The highest BCUT2D eigenvalue weighted by Gasteiger charge is 2.26. The number of rotatable bonds is 3. The van der Waals surface area contributed by atoms with E-state index in [4.69, 9.17) is 0 Å². The Morgan fingerprint density at radius 1 is 1.18 bits per heavy atom. The van der Waals surface area contributed by atoms with Crippen molar-refractivity contribution in [2.24, 2.45) is 5.92 Å². The van der Waals surface area contributed by atoms with Crippen LogP contribution in [-0.4, -0.2) is 14.9 Å². The van der Waals surface area contributed by atoms with Gasteiger partial charge in [0.15, 0.2) is 0 Å². The van der Waals surface area contributed by atoms with E-state index in [0.29, 0.717) is 17.7 Å². The van der Waals surface area contributed by atoms with Crippen LogP contribution in [0, 0.1) is 5.92 Å². The lowest BCUT2D eigenvalue weighted by Crippen LogP contribution is -2.23. The van der Waals surface area contributed by atoms with Crippen LogP contribution in [0.25, 0.3) is 0 Å². The van der Waals surface area contributed by atoms with Crippen molar-refractivity contribution >= 4 is 0 Å². The zero-order valence-electron chi connectivity index (χ0n) is 12.2. The molecule has 98 valence electrons. The van der Waals surface area contributed by atoms with Gasteiger partial charge in [0.25, 0.3) is 0 Å². The molecule has 0 fully saturated rings. The van der Waals surface area contributed by atoms with Gasteiger partial charge in [0.1, 0.15) is 0 Å². The third-order valence-electron chi connectivity index (χ3n) is 2.79. The summed E-state index contributed by atoms with van der Waals surface area (Å²) in [6, 6.07) is 0. The van der Waals surface area contributed by atoms with Gasteiger partial charge in [0.05, 0.1) is 11.2 Å². The van der Waals surface area contributed by atoms with Gasteiger partial charge in [-0.3, -0.25) is 0 Å². The molecule has 3 nitrogen and oxygen atoms in total. The summed E-state index contributed by atoms with van der Waals surface area (Å²) in [6.45, 7) is 14.7. The van der Waals surface area contributed by atoms with Crippen molar-refractivity contribution in [1.82, 2.24) is 9.78 Å². The molecular weight excluding hydrogens is 212 g/mol. The lowest BCUT2D eigenvalue weighted by atomic mass is 9.98. The zero-order chi connectivity index (χ0) is 13.4. The van der Waals surface area contributed by atoms with Crippen molar-refractivity contribution in [2.45, 2.75) is 66.3 Å². The molecule has 0 aliphatic heterocycles. The van der Waals surface area contributed by atoms with Crippen LogP contribution >= 0.6 is 0 Å². The standard InChI is InChI=1S/C14H26N2O/c1-9(2)8-11-12(10(3)4)13(17)16(15-11)14(5,6)7/h9-10,17H,8H2,1-7H3. The molecule has 0 atom stereocenters. The van der Waals surface area contributed by atoms with E-state index in [2.05, 4.69) is 53.6 Å². The number of hydrogen-bond donors (Lipinski definition) is 1. The molecule has 0 spiro atoms. The first-order valence-corrected chi connectivity index (χ1v) is 6.45. The lowest BCUT2D eigenvalue weighted by Gasteiger charge is -2.20. The van der Waals surface area contributed by atoms with Crippen LogP contribution < -0.4 is 0 Å². The number of nitrogens with zero attached hydrogens (tertiary/aromatic N) is 2. The van der Waals surface area contributed by atoms with Crippen LogP contribution in [-0.2, 0) is 12.0 Å². The maximum atomic E-state index is 10.3. The summed E-state index contributed by atoms with van der Waals surface area (Å²) < 4.78 is 1.75. The highest BCUT2D eigenvalue weighted by Crippen LogP contribution is 2.33. The van der Waals surface area contributed by atoms with Crippen molar-refractivity contribution in [3.8, 4) is 5.88 Å². The molecule has 0 bridgehead atoms. The molecule has 0 unspecified atom stereocenters. The van der Waals surface area contributed by atoms with E-state index < -0.39 is 0 Å². The minimum absolute atomic E-state index is 0.178. The van der Waals surface area contributed by atoms with Crippen LogP contribution in [0.4, 0.5) is 0 Å². The van der Waals surface area contributed by atoms with Crippen molar-refractivity contribution < 1.29 is 5.11 Å². The van der Waals surface area contributed by atoms with Gasteiger partial charge >= 0.3 is 0 Å². The number of hydrogen-bond acceptors (Lipinski definition) is 2. The molecule has 0 saturated carbocycles. The molecular formula is C14H26N2O. The zero-order valence-corrected chi connectivity index (χ0v) is 12.2. The van der Waals surface area contributed by atoms with Crippen LogP contribution in [0.2, 0.25) is 0 Å². The third kappa shape index (κ3) is 3.02. The first-order valence-electron chi connectivity index (χ1n) is 6.45. The number of aromatic hydroxyl groups is 1. The fourth-order valence-electron chi connectivity index (χ4n) is 2.06. The second kappa shape index (κ2) is 4.71. The van der Waals surface area contributed by atoms with Gasteiger partial charge in [-0.25, -0.2) is 4.68 Å². The van der Waals surface area contributed by atoms with Crippen molar-refractivity contribution in [3.05, 3.63) is 11.3 Å². The fourth-order valence-corrected chi connectivity index (χ4v) is 2.06. The summed E-state index contributed by atoms with van der Waals surface area (Å²) >= 11 is 0. The molecule has 0 aliphatic carbocycles. The van der Waals surface area contributed by atoms with Crippen molar-refractivity contribution in [2.75, 3.05) is 0 Å². The maximum Gasteiger partial charge on any atom is 0.213 e. The summed E-state index contributed by atoms with van der Waals surface area (Å²) in [5.74, 6) is 1.19. The summed E-state index contributed by atoms with van der Waals surface area (Å²) in [5, 5.41) is 14.9. The van der Waals surface area contributed by atoms with E-state index in [9.17, 15) is 5.11 Å². The van der Waals surface area contributed by atoms with E-state index in [-0.39, 0.29) is 5.54 Å². The molecule has 0 amide bonds. The molecule has 1 aromatic heterocycles. The quantitative estimate of drug-likeness (QED) is 0.872. The van der Waals surface area contributed by atoms with E-state index in [1.165, 1.54) is 0 Å². The number of aromatic nitrogens is 2. The van der Waals surface area contributed by atoms with Gasteiger partial charge in [-0.05, 0) is 39.0 Å². The van der Waals surface area contributed by atoms with Gasteiger partial charge in [-0.1, -0.05) is 27.7 Å².